The quantitative estimate of drug-likeness (QED) is 0.213. The summed E-state index contributed by atoms with van der Waals surface area (Å²) in [6, 6.07) is 7.72. The first kappa shape index (κ1) is 27.1. The molecule has 2 atom stereocenters. The van der Waals surface area contributed by atoms with E-state index in [4.69, 9.17) is 23.4 Å². The molecular weight excluding hydrogens is 484 g/mol. The van der Waals surface area contributed by atoms with Crippen molar-refractivity contribution in [2.45, 2.75) is 64.5 Å². The van der Waals surface area contributed by atoms with Crippen molar-refractivity contribution in [3.63, 3.8) is 0 Å². The highest BCUT2D eigenvalue weighted by Crippen LogP contribution is 2.62. The van der Waals surface area contributed by atoms with Crippen molar-refractivity contribution in [3.05, 3.63) is 52.6 Å². The molecule has 0 aromatic heterocycles. The van der Waals surface area contributed by atoms with Crippen molar-refractivity contribution >= 4 is 14.8 Å². The molecule has 0 aliphatic heterocycles. The molecule has 1 fully saturated rings. The van der Waals surface area contributed by atoms with Crippen LogP contribution in [-0.2, 0) is 5.41 Å². The minimum Gasteiger partial charge on any atom is -0.546 e. The molecule has 2 aliphatic carbocycles. The summed E-state index contributed by atoms with van der Waals surface area (Å²) in [5.74, 6) is 3.29. The highest BCUT2D eigenvalue weighted by molar-refractivity contribution is 6.49. The summed E-state index contributed by atoms with van der Waals surface area (Å²) in [6.07, 6.45) is 4.56. The van der Waals surface area contributed by atoms with Gasteiger partial charge in [-0.05, 0) is 61.5 Å². The van der Waals surface area contributed by atoms with Gasteiger partial charge < -0.3 is 23.4 Å². The minimum absolute atomic E-state index is 0.00819. The number of Topliss-reactive ketones (excluding diaryl/α,β-unsaturated/α-hetero) is 1. The molecule has 0 heterocycles. The molecule has 0 saturated heterocycles. The number of hydrogen-bond donors (Lipinski definition) is 0. The Bertz CT molecular complexity index is 1200. The Balaban J connectivity index is 1.89. The number of allylic oxidation sites excluding steroid dienone is 2. The maximum atomic E-state index is 14.4. The highest BCUT2D eigenvalue weighted by atomic mass is 28.3. The first-order valence-electron chi connectivity index (χ1n) is 12.9. The van der Waals surface area contributed by atoms with E-state index in [2.05, 4.69) is 46.0 Å². The highest BCUT2D eigenvalue weighted by Gasteiger charge is 2.55. The van der Waals surface area contributed by atoms with Gasteiger partial charge in [0, 0.05) is 22.5 Å². The van der Waals surface area contributed by atoms with E-state index >= 15 is 0 Å². The van der Waals surface area contributed by atoms with Gasteiger partial charge in [-0.1, -0.05) is 38.5 Å². The van der Waals surface area contributed by atoms with E-state index in [9.17, 15) is 4.79 Å². The third kappa shape index (κ3) is 4.63. The third-order valence-electron chi connectivity index (χ3n) is 7.66. The van der Waals surface area contributed by atoms with Crippen LogP contribution >= 0.6 is 0 Å². The molecule has 200 valence electrons. The fourth-order valence-electron chi connectivity index (χ4n) is 6.09. The number of rotatable bonds is 9. The van der Waals surface area contributed by atoms with E-state index in [0.29, 0.717) is 29.2 Å². The molecule has 6 nitrogen and oxygen atoms in total. The van der Waals surface area contributed by atoms with E-state index in [1.54, 1.807) is 40.6 Å². The van der Waals surface area contributed by atoms with Crippen molar-refractivity contribution < 1.29 is 28.2 Å². The molecule has 2 aromatic rings. The van der Waals surface area contributed by atoms with E-state index in [-0.39, 0.29) is 17.1 Å². The number of ether oxygens (including phenoxy) is 4. The van der Waals surface area contributed by atoms with Crippen LogP contribution in [0.3, 0.4) is 0 Å². The average molecular weight is 525 g/mol. The molecule has 0 spiro atoms. The van der Waals surface area contributed by atoms with Gasteiger partial charge in [0.2, 0.25) is 14.8 Å². The Morgan fingerprint density at radius 3 is 2.03 bits per heavy atom. The Kier molecular flexibility index (Phi) is 7.39. The van der Waals surface area contributed by atoms with Crippen LogP contribution in [0.25, 0.3) is 0 Å². The van der Waals surface area contributed by atoms with E-state index in [0.717, 1.165) is 35.5 Å². The molecule has 2 unspecified atom stereocenters. The molecule has 0 N–H and O–H groups in total. The molecule has 7 heteroatoms. The van der Waals surface area contributed by atoms with Gasteiger partial charge in [-0.25, -0.2) is 0 Å². The van der Waals surface area contributed by atoms with Gasteiger partial charge in [0.1, 0.15) is 11.5 Å². The Labute approximate surface area is 222 Å². The Morgan fingerprint density at radius 2 is 1.54 bits per heavy atom. The summed E-state index contributed by atoms with van der Waals surface area (Å²) >= 11 is 0. The van der Waals surface area contributed by atoms with E-state index in [1.165, 1.54) is 5.57 Å². The van der Waals surface area contributed by atoms with Crippen LogP contribution in [0.2, 0.25) is 13.1 Å². The summed E-state index contributed by atoms with van der Waals surface area (Å²) in [7, 11) is 4.96. The maximum Gasteiger partial charge on any atom is 0.229 e. The van der Waals surface area contributed by atoms with Gasteiger partial charge in [0.25, 0.3) is 0 Å². The normalized spacial score (nSPS) is 20.6. The summed E-state index contributed by atoms with van der Waals surface area (Å²) in [5, 5.41) is 0. The summed E-state index contributed by atoms with van der Waals surface area (Å²) in [4.78, 5) is 14.4. The summed E-state index contributed by atoms with van der Waals surface area (Å²) in [6.45, 7) is 10.9. The number of methoxy groups -OCH3 is 4. The monoisotopic (exact) mass is 524 g/mol. The van der Waals surface area contributed by atoms with Crippen LogP contribution in [-0.4, -0.2) is 43.3 Å². The lowest BCUT2D eigenvalue weighted by molar-refractivity contribution is 0.0782. The first-order valence-corrected chi connectivity index (χ1v) is 15.7. The fourth-order valence-corrected chi connectivity index (χ4v) is 6.82. The first-order chi connectivity index (χ1) is 17.5. The van der Waals surface area contributed by atoms with Gasteiger partial charge in [-0.3, -0.25) is 4.79 Å². The lowest BCUT2D eigenvalue weighted by atomic mass is 9.67. The number of ketones is 1. The van der Waals surface area contributed by atoms with E-state index < -0.39 is 14.5 Å². The second kappa shape index (κ2) is 10.1. The van der Waals surface area contributed by atoms with Crippen molar-refractivity contribution in [2.24, 2.45) is 5.41 Å². The molecule has 2 bridgehead atoms. The van der Waals surface area contributed by atoms with Gasteiger partial charge in [0.15, 0.2) is 17.3 Å². The smallest absolute Gasteiger partial charge is 0.229 e. The minimum atomic E-state index is -1.46. The SMILES string of the molecule is COc1cc(C(=O)C23CC=C(CC2c2ccc(OC)c(C(C)(C)C)c2O[SiH](C)C)C3)cc(OC)c1OC. The Morgan fingerprint density at radius 1 is 0.919 bits per heavy atom. The van der Waals surface area contributed by atoms with Crippen LogP contribution in [0.5, 0.6) is 28.7 Å². The third-order valence-corrected chi connectivity index (χ3v) is 8.37. The molecule has 2 aliphatic rings. The predicted octanol–water partition coefficient (Wildman–Crippen LogP) is 6.46. The van der Waals surface area contributed by atoms with Crippen LogP contribution < -0.4 is 23.4 Å². The van der Waals surface area contributed by atoms with Crippen molar-refractivity contribution in [1.82, 2.24) is 0 Å². The zero-order valence-electron chi connectivity index (χ0n) is 23.6. The second-order valence-electron chi connectivity index (χ2n) is 11.4. The van der Waals surface area contributed by atoms with Crippen LogP contribution in [0.15, 0.2) is 35.9 Å². The predicted molar refractivity (Wildman–Crippen MR) is 149 cm³/mol. The zero-order chi connectivity index (χ0) is 27.1. The number of benzene rings is 2. The molecule has 0 radical (unpaired) electrons. The van der Waals surface area contributed by atoms with Crippen molar-refractivity contribution in [2.75, 3.05) is 28.4 Å². The lowest BCUT2D eigenvalue weighted by Crippen LogP contribution is -2.34. The largest absolute Gasteiger partial charge is 0.546 e. The second-order valence-corrected chi connectivity index (χ2v) is 13.7. The van der Waals surface area contributed by atoms with Gasteiger partial charge in [-0.15, -0.1) is 0 Å². The van der Waals surface area contributed by atoms with Crippen LogP contribution in [0, 0.1) is 5.41 Å². The standard InChI is InChI=1S/C30H40O6Si/c1-29(2,3)25-22(32-4)11-10-20(26(25)36-37(8)9)21-14-18-12-13-30(21,17-18)28(31)19-15-23(33-5)27(35-7)24(16-19)34-6/h10-12,15-16,21,37H,13-14,17H2,1-9H3. The van der Waals surface area contributed by atoms with Gasteiger partial charge >= 0.3 is 0 Å². The van der Waals surface area contributed by atoms with Crippen LogP contribution in [0.4, 0.5) is 0 Å². The summed E-state index contributed by atoms with van der Waals surface area (Å²) < 4.78 is 29.1. The average Bonchev–Trinajstić information content (AvgIpc) is 3.46. The fraction of sp³-hybridized carbons (Fsp3) is 0.500. The number of carbonyl (C=O) groups excluding carboxylic acids is 1. The Hall–Kier alpha value is -2.93. The topological polar surface area (TPSA) is 63.2 Å². The van der Waals surface area contributed by atoms with Crippen molar-refractivity contribution in [3.8, 4) is 28.7 Å². The number of hydrogen-bond acceptors (Lipinski definition) is 6. The molecule has 4 rings (SSSR count). The molecule has 0 amide bonds. The lowest BCUT2D eigenvalue weighted by Gasteiger charge is -2.36. The number of fused-ring (bicyclic) bond motifs is 2. The zero-order valence-corrected chi connectivity index (χ0v) is 24.8. The van der Waals surface area contributed by atoms with Crippen molar-refractivity contribution in [1.29, 1.82) is 0 Å². The molecule has 2 aromatic carbocycles. The number of carbonyl (C=O) groups is 1. The summed E-state index contributed by atoms with van der Waals surface area (Å²) in [5.41, 5.74) is 3.31. The maximum absolute atomic E-state index is 14.4. The van der Waals surface area contributed by atoms with Gasteiger partial charge in [-0.2, -0.15) is 0 Å². The van der Waals surface area contributed by atoms with Gasteiger partial charge in [0.05, 0.1) is 28.4 Å². The van der Waals surface area contributed by atoms with Crippen LogP contribution in [0.1, 0.15) is 67.4 Å². The molecular formula is C30H40O6Si. The molecule has 1 saturated carbocycles. The van der Waals surface area contributed by atoms with E-state index in [1.807, 2.05) is 6.07 Å². The molecule has 37 heavy (non-hydrogen) atoms.